The molecule has 0 heterocycles. The topological polar surface area (TPSA) is 82.6 Å². The van der Waals surface area contributed by atoms with Crippen molar-refractivity contribution in [3.8, 4) is 0 Å². The lowest BCUT2D eigenvalue weighted by atomic mass is 9.85. The monoisotopic (exact) mass is 530 g/mol. The first kappa shape index (κ1) is 25.4. The lowest BCUT2D eigenvalue weighted by molar-refractivity contribution is 0.508. The first-order valence-electron chi connectivity index (χ1n) is 9.25. The van der Waals surface area contributed by atoms with E-state index in [-0.39, 0.29) is 35.1 Å². The number of guanidine groups is 1. The van der Waals surface area contributed by atoms with Crippen molar-refractivity contribution in [3.63, 3.8) is 0 Å². The molecule has 0 aliphatic rings. The molecule has 0 saturated carbocycles. The Morgan fingerprint density at radius 3 is 2.28 bits per heavy atom. The molecule has 0 fully saturated rings. The predicted molar refractivity (Wildman–Crippen MR) is 131 cm³/mol. The Kier molecular flexibility index (Phi) is 10.1. The average Bonchev–Trinajstić information content (AvgIpc) is 2.69. The van der Waals surface area contributed by atoms with Gasteiger partial charge in [0.2, 0.25) is 10.0 Å². The van der Waals surface area contributed by atoms with Crippen LogP contribution in [0.25, 0.3) is 0 Å². The second-order valence-electron chi connectivity index (χ2n) is 7.31. The first-order chi connectivity index (χ1) is 13.3. The zero-order valence-corrected chi connectivity index (χ0v) is 20.5. The fraction of sp³-hybridized carbons (Fsp3) is 0.381. The molecule has 0 radical (unpaired) electrons. The molecule has 0 aromatic heterocycles. The van der Waals surface area contributed by atoms with E-state index in [1.54, 1.807) is 7.05 Å². The van der Waals surface area contributed by atoms with Crippen LogP contribution in [0.3, 0.4) is 0 Å². The van der Waals surface area contributed by atoms with Crippen LogP contribution in [0.5, 0.6) is 0 Å². The van der Waals surface area contributed by atoms with Crippen LogP contribution in [0, 0.1) is 0 Å². The zero-order valence-electron chi connectivity index (χ0n) is 17.4. The molecule has 0 amide bonds. The van der Waals surface area contributed by atoms with Crippen molar-refractivity contribution in [2.45, 2.75) is 31.6 Å². The summed E-state index contributed by atoms with van der Waals surface area (Å²) in [5, 5.41) is 6.66. The summed E-state index contributed by atoms with van der Waals surface area (Å²) in [6, 6.07) is 17.9. The van der Waals surface area contributed by atoms with E-state index in [9.17, 15) is 8.42 Å². The van der Waals surface area contributed by atoms with Crippen LogP contribution in [0.2, 0.25) is 0 Å². The van der Waals surface area contributed by atoms with Gasteiger partial charge in [0.05, 0.1) is 5.75 Å². The van der Waals surface area contributed by atoms with E-state index in [4.69, 9.17) is 0 Å². The molecular formula is C21H31IN4O2S. The molecule has 2 rings (SSSR count). The predicted octanol–water partition coefficient (Wildman–Crippen LogP) is 3.00. The molecule has 2 aromatic carbocycles. The standard InChI is InChI=1S/C21H30N4O2S.HI/c1-21(2,19-11-6-5-7-12-19)16-25-20(22-3)24-14-17-9-8-10-18(13-17)15-28(26,27)23-4;/h5-13,23H,14-16H2,1-4H3,(H2,22,24,25);1H. The van der Waals surface area contributed by atoms with E-state index in [0.717, 1.165) is 17.7 Å². The molecule has 3 N–H and O–H groups in total. The summed E-state index contributed by atoms with van der Waals surface area (Å²) in [5.41, 5.74) is 2.97. The smallest absolute Gasteiger partial charge is 0.215 e. The molecular weight excluding hydrogens is 499 g/mol. The maximum atomic E-state index is 11.7. The Balaban J connectivity index is 0.00000420. The summed E-state index contributed by atoms with van der Waals surface area (Å²) in [6.45, 7) is 5.67. The number of hydrogen-bond acceptors (Lipinski definition) is 3. The number of nitrogens with zero attached hydrogens (tertiary/aromatic N) is 1. The van der Waals surface area contributed by atoms with Gasteiger partial charge in [-0.2, -0.15) is 0 Å². The molecule has 160 valence electrons. The Morgan fingerprint density at radius 1 is 1.00 bits per heavy atom. The summed E-state index contributed by atoms with van der Waals surface area (Å²) in [6.07, 6.45) is 0. The molecule has 0 spiro atoms. The molecule has 8 heteroatoms. The molecule has 6 nitrogen and oxygen atoms in total. The molecule has 0 atom stereocenters. The molecule has 29 heavy (non-hydrogen) atoms. The summed E-state index contributed by atoms with van der Waals surface area (Å²) >= 11 is 0. The highest BCUT2D eigenvalue weighted by molar-refractivity contribution is 14.0. The molecule has 0 aliphatic heterocycles. The maximum Gasteiger partial charge on any atom is 0.215 e. The summed E-state index contributed by atoms with van der Waals surface area (Å²) in [7, 11) is -0.122. The van der Waals surface area contributed by atoms with Gasteiger partial charge in [-0.25, -0.2) is 13.1 Å². The summed E-state index contributed by atoms with van der Waals surface area (Å²) in [4.78, 5) is 4.28. The van der Waals surface area contributed by atoms with Crippen molar-refractivity contribution in [2.24, 2.45) is 4.99 Å². The van der Waals surface area contributed by atoms with Crippen molar-refractivity contribution >= 4 is 40.0 Å². The van der Waals surface area contributed by atoms with Crippen LogP contribution in [0.4, 0.5) is 0 Å². The molecule has 2 aromatic rings. The van der Waals surface area contributed by atoms with Crippen LogP contribution in [0.1, 0.15) is 30.5 Å². The Labute approximate surface area is 191 Å². The second-order valence-corrected chi connectivity index (χ2v) is 9.24. The minimum absolute atomic E-state index is 0. The van der Waals surface area contributed by atoms with Crippen molar-refractivity contribution in [3.05, 3.63) is 71.3 Å². The highest BCUT2D eigenvalue weighted by atomic mass is 127. The van der Waals surface area contributed by atoms with Crippen molar-refractivity contribution in [1.29, 1.82) is 0 Å². The quantitative estimate of drug-likeness (QED) is 0.279. The van der Waals surface area contributed by atoms with Crippen molar-refractivity contribution < 1.29 is 8.42 Å². The van der Waals surface area contributed by atoms with Gasteiger partial charge < -0.3 is 10.6 Å². The highest BCUT2D eigenvalue weighted by Crippen LogP contribution is 2.21. The average molecular weight is 530 g/mol. The molecule has 0 bridgehead atoms. The van der Waals surface area contributed by atoms with Gasteiger partial charge in [0, 0.05) is 25.6 Å². The lowest BCUT2D eigenvalue weighted by Gasteiger charge is -2.26. The first-order valence-corrected chi connectivity index (χ1v) is 10.9. The number of halogens is 1. The molecule has 0 saturated heterocycles. The van der Waals surface area contributed by atoms with Gasteiger partial charge in [-0.15, -0.1) is 24.0 Å². The molecule has 0 aliphatic carbocycles. The van der Waals surface area contributed by atoms with E-state index >= 15 is 0 Å². The maximum absolute atomic E-state index is 11.7. The summed E-state index contributed by atoms with van der Waals surface area (Å²) < 4.78 is 25.8. The largest absolute Gasteiger partial charge is 0.356 e. The van der Waals surface area contributed by atoms with Gasteiger partial charge >= 0.3 is 0 Å². The Bertz CT molecular complexity index is 900. The highest BCUT2D eigenvalue weighted by Gasteiger charge is 2.20. The van der Waals surface area contributed by atoms with Gasteiger partial charge in [0.25, 0.3) is 0 Å². The number of benzene rings is 2. The van der Waals surface area contributed by atoms with Crippen molar-refractivity contribution in [2.75, 3.05) is 20.6 Å². The van der Waals surface area contributed by atoms with Gasteiger partial charge in [-0.3, -0.25) is 4.99 Å². The normalized spacial score (nSPS) is 12.2. The van der Waals surface area contributed by atoms with Gasteiger partial charge in [0.1, 0.15) is 0 Å². The third kappa shape index (κ3) is 8.31. The minimum atomic E-state index is -3.28. The fourth-order valence-corrected chi connectivity index (χ4v) is 3.59. The van der Waals surface area contributed by atoms with E-state index in [1.165, 1.54) is 12.6 Å². The van der Waals surface area contributed by atoms with E-state index in [0.29, 0.717) is 12.5 Å². The number of nitrogens with one attached hydrogen (secondary N) is 3. The van der Waals surface area contributed by atoms with Crippen LogP contribution in [0.15, 0.2) is 59.6 Å². The van der Waals surface area contributed by atoms with E-state index in [1.807, 2.05) is 42.5 Å². The van der Waals surface area contributed by atoms with Gasteiger partial charge in [-0.1, -0.05) is 68.4 Å². The number of aliphatic imine (C=N–C) groups is 1. The zero-order chi connectivity index (χ0) is 20.6. The third-order valence-electron chi connectivity index (χ3n) is 4.60. The second kappa shape index (κ2) is 11.5. The van der Waals surface area contributed by atoms with Crippen molar-refractivity contribution in [1.82, 2.24) is 15.4 Å². The number of hydrogen-bond donors (Lipinski definition) is 3. The minimum Gasteiger partial charge on any atom is -0.356 e. The van der Waals surface area contributed by atoms with Crippen LogP contribution in [-0.2, 0) is 27.7 Å². The number of sulfonamides is 1. The van der Waals surface area contributed by atoms with E-state index in [2.05, 4.69) is 46.3 Å². The Morgan fingerprint density at radius 2 is 1.66 bits per heavy atom. The SMILES string of the molecule is CN=C(NCc1cccc(CS(=O)(=O)NC)c1)NCC(C)(C)c1ccccc1.I. The van der Waals surface area contributed by atoms with Gasteiger partial charge in [0.15, 0.2) is 5.96 Å². The molecule has 0 unspecified atom stereocenters. The number of rotatable bonds is 8. The van der Waals surface area contributed by atoms with Crippen LogP contribution < -0.4 is 15.4 Å². The van der Waals surface area contributed by atoms with E-state index < -0.39 is 10.0 Å². The Hall–Kier alpha value is -1.65. The van der Waals surface area contributed by atoms with Crippen LogP contribution in [-0.4, -0.2) is 35.0 Å². The van der Waals surface area contributed by atoms with Crippen LogP contribution >= 0.6 is 24.0 Å². The van der Waals surface area contributed by atoms with Gasteiger partial charge in [-0.05, 0) is 23.7 Å². The fourth-order valence-electron chi connectivity index (χ4n) is 2.82. The summed E-state index contributed by atoms with van der Waals surface area (Å²) in [5.74, 6) is 0.674. The third-order valence-corrected chi connectivity index (χ3v) is 5.93. The lowest BCUT2D eigenvalue weighted by Crippen LogP contribution is -2.43.